The zero-order valence-corrected chi connectivity index (χ0v) is 13.4. The molecule has 1 aromatic heterocycles. The van der Waals surface area contributed by atoms with Crippen molar-refractivity contribution in [2.75, 3.05) is 13.1 Å². The molecule has 1 aromatic carbocycles. The largest absolute Gasteiger partial charge is 0.243 e. The zero-order valence-electron chi connectivity index (χ0n) is 12.6. The van der Waals surface area contributed by atoms with Gasteiger partial charge < -0.3 is 0 Å². The third-order valence-corrected chi connectivity index (χ3v) is 6.07. The summed E-state index contributed by atoms with van der Waals surface area (Å²) in [6.45, 7) is 3.06. The molecule has 22 heavy (non-hydrogen) atoms. The predicted octanol–water partition coefficient (Wildman–Crippen LogP) is 1.87. The zero-order chi connectivity index (χ0) is 15.6. The van der Waals surface area contributed by atoms with Gasteiger partial charge in [-0.25, -0.2) is 8.42 Å². The summed E-state index contributed by atoms with van der Waals surface area (Å²) in [5, 5.41) is 8.28. The standard InChI is InChI=1S/C15H20N4O2S/c1-2-13-3-5-15(6-4-13)22(20,21)18-11-7-14(8-12-18)19-16-9-10-17-19/h3-6,9-10,14H,2,7-8,11-12H2,1H3. The van der Waals surface area contributed by atoms with Crippen LogP contribution in [0.4, 0.5) is 0 Å². The number of benzene rings is 1. The first-order valence-corrected chi connectivity index (χ1v) is 9.00. The van der Waals surface area contributed by atoms with Crippen LogP contribution >= 0.6 is 0 Å². The number of hydrogen-bond donors (Lipinski definition) is 0. The molecule has 0 amide bonds. The molecule has 2 heterocycles. The number of hydrogen-bond acceptors (Lipinski definition) is 4. The Labute approximate surface area is 130 Å². The third-order valence-electron chi connectivity index (χ3n) is 4.16. The second-order valence-electron chi connectivity index (χ2n) is 5.48. The summed E-state index contributed by atoms with van der Waals surface area (Å²) in [6.07, 6.45) is 5.68. The predicted molar refractivity (Wildman–Crippen MR) is 82.9 cm³/mol. The number of rotatable bonds is 4. The molecule has 0 saturated carbocycles. The Kier molecular flexibility index (Phi) is 4.26. The van der Waals surface area contributed by atoms with Gasteiger partial charge in [0.25, 0.3) is 0 Å². The highest BCUT2D eigenvalue weighted by Crippen LogP contribution is 2.25. The fraction of sp³-hybridized carbons (Fsp3) is 0.467. The van der Waals surface area contributed by atoms with Gasteiger partial charge in [-0.3, -0.25) is 0 Å². The second-order valence-corrected chi connectivity index (χ2v) is 7.42. The van der Waals surface area contributed by atoms with E-state index in [1.54, 1.807) is 33.6 Å². The van der Waals surface area contributed by atoms with E-state index in [4.69, 9.17) is 0 Å². The van der Waals surface area contributed by atoms with Crippen LogP contribution in [0.25, 0.3) is 0 Å². The van der Waals surface area contributed by atoms with E-state index >= 15 is 0 Å². The van der Waals surface area contributed by atoms with E-state index in [9.17, 15) is 8.42 Å². The Morgan fingerprint density at radius 1 is 1.09 bits per heavy atom. The first-order valence-electron chi connectivity index (χ1n) is 7.56. The van der Waals surface area contributed by atoms with E-state index in [2.05, 4.69) is 17.1 Å². The highest BCUT2D eigenvalue weighted by Gasteiger charge is 2.30. The monoisotopic (exact) mass is 320 g/mol. The van der Waals surface area contributed by atoms with Crippen molar-refractivity contribution in [3.05, 3.63) is 42.2 Å². The lowest BCUT2D eigenvalue weighted by molar-refractivity contribution is 0.245. The normalized spacial score (nSPS) is 17.7. The number of sulfonamides is 1. The van der Waals surface area contributed by atoms with E-state index in [0.717, 1.165) is 24.8 Å². The summed E-state index contributed by atoms with van der Waals surface area (Å²) in [6, 6.07) is 7.36. The smallest absolute Gasteiger partial charge is 0.207 e. The average Bonchev–Trinajstić information content (AvgIpc) is 3.09. The van der Waals surface area contributed by atoms with Gasteiger partial charge >= 0.3 is 0 Å². The number of nitrogens with zero attached hydrogens (tertiary/aromatic N) is 4. The van der Waals surface area contributed by atoms with Gasteiger partial charge in [-0.05, 0) is 37.0 Å². The molecule has 0 aliphatic carbocycles. The second kappa shape index (κ2) is 6.18. The van der Waals surface area contributed by atoms with Crippen LogP contribution in [0.3, 0.4) is 0 Å². The van der Waals surface area contributed by atoms with Gasteiger partial charge in [0.15, 0.2) is 0 Å². The maximum Gasteiger partial charge on any atom is 0.243 e. The van der Waals surface area contributed by atoms with Crippen LogP contribution in [0.5, 0.6) is 0 Å². The van der Waals surface area contributed by atoms with Gasteiger partial charge in [-0.15, -0.1) is 0 Å². The van der Waals surface area contributed by atoms with E-state index in [0.29, 0.717) is 18.0 Å². The van der Waals surface area contributed by atoms with Crippen molar-refractivity contribution in [1.29, 1.82) is 0 Å². The first-order chi connectivity index (χ1) is 10.6. The maximum atomic E-state index is 12.7. The number of aromatic nitrogens is 3. The molecule has 1 fully saturated rings. The summed E-state index contributed by atoms with van der Waals surface area (Å²) in [4.78, 5) is 2.06. The Morgan fingerprint density at radius 2 is 1.68 bits per heavy atom. The number of aryl methyl sites for hydroxylation is 1. The molecule has 1 saturated heterocycles. The molecule has 2 aromatic rings. The Hall–Kier alpha value is -1.73. The van der Waals surface area contributed by atoms with Crippen molar-refractivity contribution in [2.24, 2.45) is 0 Å². The van der Waals surface area contributed by atoms with Crippen molar-refractivity contribution < 1.29 is 8.42 Å². The van der Waals surface area contributed by atoms with Crippen LogP contribution in [0.15, 0.2) is 41.6 Å². The Bertz CT molecular complexity index is 703. The van der Waals surface area contributed by atoms with Crippen LogP contribution in [0, 0.1) is 0 Å². The SMILES string of the molecule is CCc1ccc(S(=O)(=O)N2CCC(n3nccn3)CC2)cc1. The molecule has 0 spiro atoms. The molecule has 6 nitrogen and oxygen atoms in total. The van der Waals surface area contributed by atoms with Crippen molar-refractivity contribution in [1.82, 2.24) is 19.3 Å². The topological polar surface area (TPSA) is 68.1 Å². The molecule has 0 N–H and O–H groups in total. The molecule has 0 bridgehead atoms. The summed E-state index contributed by atoms with van der Waals surface area (Å²) >= 11 is 0. The van der Waals surface area contributed by atoms with Gasteiger partial charge in [0.1, 0.15) is 0 Å². The molecule has 3 rings (SSSR count). The molecule has 1 aliphatic heterocycles. The molecular weight excluding hydrogens is 300 g/mol. The van der Waals surface area contributed by atoms with E-state index in [1.807, 2.05) is 12.1 Å². The fourth-order valence-electron chi connectivity index (χ4n) is 2.77. The van der Waals surface area contributed by atoms with Crippen molar-refractivity contribution in [3.8, 4) is 0 Å². The summed E-state index contributed by atoms with van der Waals surface area (Å²) < 4.78 is 26.9. The summed E-state index contributed by atoms with van der Waals surface area (Å²) in [5.41, 5.74) is 1.14. The van der Waals surface area contributed by atoms with Gasteiger partial charge in [-0.2, -0.15) is 19.3 Å². The van der Waals surface area contributed by atoms with E-state index < -0.39 is 10.0 Å². The van der Waals surface area contributed by atoms with Gasteiger partial charge in [0.2, 0.25) is 10.0 Å². The van der Waals surface area contributed by atoms with Crippen LogP contribution < -0.4 is 0 Å². The van der Waals surface area contributed by atoms with Crippen LogP contribution in [-0.2, 0) is 16.4 Å². The lowest BCUT2D eigenvalue weighted by Crippen LogP contribution is -2.39. The highest BCUT2D eigenvalue weighted by atomic mass is 32.2. The molecule has 0 radical (unpaired) electrons. The maximum absolute atomic E-state index is 12.7. The molecule has 1 aliphatic rings. The van der Waals surface area contributed by atoms with E-state index in [-0.39, 0.29) is 6.04 Å². The molecule has 7 heteroatoms. The fourth-order valence-corrected chi connectivity index (χ4v) is 4.24. The molecule has 0 atom stereocenters. The average molecular weight is 320 g/mol. The summed E-state index contributed by atoms with van der Waals surface area (Å²) in [7, 11) is -3.40. The molecule has 0 unspecified atom stereocenters. The number of piperidine rings is 1. The van der Waals surface area contributed by atoms with Gasteiger partial charge in [0, 0.05) is 13.1 Å². The van der Waals surface area contributed by atoms with Gasteiger partial charge in [-0.1, -0.05) is 19.1 Å². The summed E-state index contributed by atoms with van der Waals surface area (Å²) in [5.74, 6) is 0. The van der Waals surface area contributed by atoms with Crippen LogP contribution in [-0.4, -0.2) is 40.8 Å². The van der Waals surface area contributed by atoms with Crippen LogP contribution in [0.1, 0.15) is 31.4 Å². The quantitative estimate of drug-likeness (QED) is 0.862. The van der Waals surface area contributed by atoms with Gasteiger partial charge in [0.05, 0.1) is 23.3 Å². The van der Waals surface area contributed by atoms with E-state index in [1.165, 1.54) is 0 Å². The Morgan fingerprint density at radius 3 is 2.23 bits per heavy atom. The first kappa shape index (κ1) is 15.2. The van der Waals surface area contributed by atoms with Crippen molar-refractivity contribution in [2.45, 2.75) is 37.1 Å². The van der Waals surface area contributed by atoms with Crippen LogP contribution in [0.2, 0.25) is 0 Å². The van der Waals surface area contributed by atoms with Crippen molar-refractivity contribution in [3.63, 3.8) is 0 Å². The Balaban J connectivity index is 1.71. The lowest BCUT2D eigenvalue weighted by atomic mass is 10.1. The third kappa shape index (κ3) is 2.91. The minimum absolute atomic E-state index is 0.184. The van der Waals surface area contributed by atoms with Crippen molar-refractivity contribution >= 4 is 10.0 Å². The lowest BCUT2D eigenvalue weighted by Gasteiger charge is -2.30. The highest BCUT2D eigenvalue weighted by molar-refractivity contribution is 7.89. The minimum atomic E-state index is -3.40. The molecule has 118 valence electrons. The molecular formula is C15H20N4O2S. The minimum Gasteiger partial charge on any atom is -0.207 e.